The average Bonchev–Trinajstić information content (AvgIpc) is 2.19. The van der Waals surface area contributed by atoms with E-state index >= 15 is 0 Å². The van der Waals surface area contributed by atoms with Crippen LogP contribution in [-0.4, -0.2) is 15.8 Å². The highest BCUT2D eigenvalue weighted by molar-refractivity contribution is 5.94. The van der Waals surface area contributed by atoms with E-state index in [1.165, 1.54) is 0 Å². The SMILES string of the molecule is CC(C)c1cc(C(C)C)n(O)c(=N)c1C(N)=O. The van der Waals surface area contributed by atoms with Crippen molar-refractivity contribution in [2.75, 3.05) is 0 Å². The van der Waals surface area contributed by atoms with Gasteiger partial charge >= 0.3 is 0 Å². The third-order valence-corrected chi connectivity index (χ3v) is 2.75. The molecular formula is C12H19N3O2. The number of nitrogens with one attached hydrogen (secondary N) is 1. The minimum atomic E-state index is -0.684. The molecule has 0 fully saturated rings. The first-order valence-corrected chi connectivity index (χ1v) is 5.60. The molecule has 0 unspecified atom stereocenters. The van der Waals surface area contributed by atoms with E-state index in [9.17, 15) is 10.0 Å². The topological polar surface area (TPSA) is 92.1 Å². The highest BCUT2D eigenvalue weighted by Gasteiger charge is 2.19. The summed E-state index contributed by atoms with van der Waals surface area (Å²) in [5.74, 6) is -0.555. The Morgan fingerprint density at radius 3 is 2.24 bits per heavy atom. The first-order chi connectivity index (χ1) is 7.77. The summed E-state index contributed by atoms with van der Waals surface area (Å²) in [5.41, 5.74) is 6.42. The van der Waals surface area contributed by atoms with Crippen LogP contribution in [0, 0.1) is 5.41 Å². The number of pyridine rings is 1. The third kappa shape index (κ3) is 2.33. The standard InChI is InChI=1S/C12H19N3O2/c1-6(2)8-5-9(7(3)4)15(17)11(13)10(8)12(14)16/h5-7,13,17H,1-4H3,(H2,14,16). The van der Waals surface area contributed by atoms with Crippen LogP contribution in [0.1, 0.15) is 61.1 Å². The lowest BCUT2D eigenvalue weighted by Crippen LogP contribution is -2.33. The van der Waals surface area contributed by atoms with Gasteiger partial charge in [0.15, 0.2) is 5.49 Å². The molecule has 1 aromatic heterocycles. The van der Waals surface area contributed by atoms with E-state index in [1.54, 1.807) is 6.07 Å². The Balaban J connectivity index is 3.69. The lowest BCUT2D eigenvalue weighted by atomic mass is 9.95. The van der Waals surface area contributed by atoms with Gasteiger partial charge in [-0.3, -0.25) is 10.2 Å². The van der Waals surface area contributed by atoms with Crippen LogP contribution >= 0.6 is 0 Å². The maximum atomic E-state index is 11.4. The van der Waals surface area contributed by atoms with Crippen molar-refractivity contribution < 1.29 is 10.0 Å². The quantitative estimate of drug-likeness (QED) is 0.696. The summed E-state index contributed by atoms with van der Waals surface area (Å²) >= 11 is 0. The zero-order valence-corrected chi connectivity index (χ0v) is 10.6. The smallest absolute Gasteiger partial charge is 0.252 e. The van der Waals surface area contributed by atoms with Crippen molar-refractivity contribution in [1.82, 2.24) is 4.73 Å². The molecule has 0 atom stereocenters. The second-order valence-electron chi connectivity index (χ2n) is 4.73. The van der Waals surface area contributed by atoms with Gasteiger partial charge in [0.1, 0.15) is 0 Å². The molecule has 0 bridgehead atoms. The normalized spacial score (nSPS) is 11.2. The van der Waals surface area contributed by atoms with E-state index in [0.29, 0.717) is 11.3 Å². The van der Waals surface area contributed by atoms with Crippen LogP contribution in [0.2, 0.25) is 0 Å². The Hall–Kier alpha value is -1.78. The predicted octanol–water partition coefficient (Wildman–Crippen LogP) is 1.55. The number of hydrogen-bond acceptors (Lipinski definition) is 3. The number of primary amides is 1. The predicted molar refractivity (Wildman–Crippen MR) is 64.2 cm³/mol. The molecule has 0 aliphatic rings. The van der Waals surface area contributed by atoms with Gasteiger partial charge in [-0.2, -0.15) is 4.73 Å². The third-order valence-electron chi connectivity index (χ3n) is 2.75. The van der Waals surface area contributed by atoms with E-state index in [2.05, 4.69) is 0 Å². The molecule has 1 amide bonds. The lowest BCUT2D eigenvalue weighted by Gasteiger charge is -2.17. The van der Waals surface area contributed by atoms with Crippen molar-refractivity contribution in [2.24, 2.45) is 5.73 Å². The molecule has 1 rings (SSSR count). The molecule has 0 saturated heterocycles. The van der Waals surface area contributed by atoms with Crippen LogP contribution in [0.5, 0.6) is 0 Å². The zero-order valence-electron chi connectivity index (χ0n) is 10.6. The van der Waals surface area contributed by atoms with Crippen LogP contribution in [0.15, 0.2) is 6.07 Å². The number of carbonyl (C=O) groups excluding carboxylic acids is 1. The Morgan fingerprint density at radius 2 is 1.88 bits per heavy atom. The fourth-order valence-corrected chi connectivity index (χ4v) is 1.79. The summed E-state index contributed by atoms with van der Waals surface area (Å²) in [6.45, 7) is 7.67. The zero-order chi connectivity index (χ0) is 13.3. The van der Waals surface area contributed by atoms with Crippen molar-refractivity contribution in [3.05, 3.63) is 28.4 Å². The van der Waals surface area contributed by atoms with Crippen LogP contribution in [0.4, 0.5) is 0 Å². The molecular weight excluding hydrogens is 218 g/mol. The molecule has 0 spiro atoms. The fourth-order valence-electron chi connectivity index (χ4n) is 1.79. The number of hydrogen-bond donors (Lipinski definition) is 3. The summed E-state index contributed by atoms with van der Waals surface area (Å²) in [5, 5.41) is 17.6. The van der Waals surface area contributed by atoms with Gasteiger partial charge in [0.25, 0.3) is 5.91 Å². The lowest BCUT2D eigenvalue weighted by molar-refractivity contribution is 0.0985. The molecule has 0 aliphatic heterocycles. The molecule has 0 radical (unpaired) electrons. The molecule has 0 saturated carbocycles. The molecule has 94 valence electrons. The Morgan fingerprint density at radius 1 is 1.35 bits per heavy atom. The second kappa shape index (κ2) is 4.61. The van der Waals surface area contributed by atoms with Crippen molar-refractivity contribution in [3.63, 3.8) is 0 Å². The first kappa shape index (κ1) is 13.3. The number of carbonyl (C=O) groups is 1. The maximum absolute atomic E-state index is 11.4. The molecule has 5 heteroatoms. The van der Waals surface area contributed by atoms with Crippen molar-refractivity contribution in [1.29, 1.82) is 5.41 Å². The second-order valence-corrected chi connectivity index (χ2v) is 4.73. The van der Waals surface area contributed by atoms with Crippen LogP contribution < -0.4 is 11.2 Å². The first-order valence-electron chi connectivity index (χ1n) is 5.60. The largest absolute Gasteiger partial charge is 0.427 e. The van der Waals surface area contributed by atoms with Gasteiger partial charge in [0.2, 0.25) is 0 Å². The van der Waals surface area contributed by atoms with Gasteiger partial charge in [-0.15, -0.1) is 0 Å². The van der Waals surface area contributed by atoms with Gasteiger partial charge in [-0.1, -0.05) is 27.7 Å². The number of nitrogens with zero attached hydrogens (tertiary/aromatic N) is 1. The Labute approximate surface area is 100 Å². The number of rotatable bonds is 3. The minimum absolute atomic E-state index is 0.0588. The molecule has 17 heavy (non-hydrogen) atoms. The summed E-state index contributed by atoms with van der Waals surface area (Å²) in [6.07, 6.45) is 0. The monoisotopic (exact) mass is 237 g/mol. The van der Waals surface area contributed by atoms with Gasteiger partial charge in [0, 0.05) is 0 Å². The summed E-state index contributed by atoms with van der Waals surface area (Å²) in [6, 6.07) is 1.74. The summed E-state index contributed by atoms with van der Waals surface area (Å²) in [7, 11) is 0. The van der Waals surface area contributed by atoms with E-state index < -0.39 is 5.91 Å². The molecule has 1 aromatic rings. The molecule has 0 aromatic carbocycles. The number of amides is 1. The van der Waals surface area contributed by atoms with Crippen molar-refractivity contribution in [2.45, 2.75) is 39.5 Å². The van der Waals surface area contributed by atoms with Gasteiger partial charge in [-0.05, 0) is 23.5 Å². The maximum Gasteiger partial charge on any atom is 0.252 e. The Bertz CT molecular complexity index is 501. The molecule has 0 aliphatic carbocycles. The van der Waals surface area contributed by atoms with E-state index in [4.69, 9.17) is 11.1 Å². The Kier molecular flexibility index (Phi) is 3.60. The van der Waals surface area contributed by atoms with E-state index in [0.717, 1.165) is 4.73 Å². The fraction of sp³-hybridized carbons (Fsp3) is 0.500. The van der Waals surface area contributed by atoms with Crippen LogP contribution in [-0.2, 0) is 0 Å². The minimum Gasteiger partial charge on any atom is -0.427 e. The average molecular weight is 237 g/mol. The van der Waals surface area contributed by atoms with Crippen LogP contribution in [0.25, 0.3) is 0 Å². The van der Waals surface area contributed by atoms with E-state index in [-0.39, 0.29) is 22.9 Å². The van der Waals surface area contributed by atoms with Crippen molar-refractivity contribution in [3.8, 4) is 0 Å². The highest BCUT2D eigenvalue weighted by atomic mass is 16.5. The number of aromatic nitrogens is 1. The van der Waals surface area contributed by atoms with Gasteiger partial charge in [0.05, 0.1) is 11.3 Å². The molecule has 1 heterocycles. The van der Waals surface area contributed by atoms with Gasteiger partial charge in [-0.25, -0.2) is 0 Å². The molecule has 4 N–H and O–H groups in total. The number of nitrogens with two attached hydrogens (primary N) is 1. The molecule has 5 nitrogen and oxygen atoms in total. The van der Waals surface area contributed by atoms with Gasteiger partial charge < -0.3 is 10.9 Å². The van der Waals surface area contributed by atoms with Crippen LogP contribution in [0.3, 0.4) is 0 Å². The summed E-state index contributed by atoms with van der Waals surface area (Å²) in [4.78, 5) is 11.4. The summed E-state index contributed by atoms with van der Waals surface area (Å²) < 4.78 is 0.733. The van der Waals surface area contributed by atoms with Crippen molar-refractivity contribution >= 4 is 5.91 Å². The highest BCUT2D eigenvalue weighted by Crippen LogP contribution is 2.21. The van der Waals surface area contributed by atoms with E-state index in [1.807, 2.05) is 27.7 Å².